The van der Waals surface area contributed by atoms with Crippen molar-refractivity contribution in [1.29, 1.82) is 0 Å². The van der Waals surface area contributed by atoms with Crippen LogP contribution < -0.4 is 5.73 Å². The van der Waals surface area contributed by atoms with Crippen molar-refractivity contribution in [2.75, 3.05) is 6.61 Å². The highest BCUT2D eigenvalue weighted by atomic mass is 16.6. The number of carbonyl (C=O) groups is 3. The minimum absolute atomic E-state index is 0.0640. The molecule has 1 aromatic heterocycles. The smallest absolute Gasteiger partial charge is 0.303 e. The highest BCUT2D eigenvalue weighted by Crippen LogP contribution is 2.36. The molecule has 10 heteroatoms. The third-order valence-electron chi connectivity index (χ3n) is 3.39. The molecule has 4 atom stereocenters. The van der Waals surface area contributed by atoms with Crippen molar-refractivity contribution in [3.05, 3.63) is 12.2 Å². The molecule has 0 aliphatic carbocycles. The van der Waals surface area contributed by atoms with Gasteiger partial charge in [-0.25, -0.2) is 9.67 Å². The van der Waals surface area contributed by atoms with Gasteiger partial charge in [-0.15, -0.1) is 5.10 Å². The highest BCUT2D eigenvalue weighted by Gasteiger charge is 2.46. The summed E-state index contributed by atoms with van der Waals surface area (Å²) in [5.41, 5.74) is 5.12. The molecule has 0 radical (unpaired) electrons. The molecular formula is C13H18N4O6. The van der Waals surface area contributed by atoms with Crippen molar-refractivity contribution < 1.29 is 28.6 Å². The second-order valence-corrected chi connectivity index (χ2v) is 5.21. The summed E-state index contributed by atoms with van der Waals surface area (Å²) < 4.78 is 17.3. The maximum absolute atomic E-state index is 11.3. The molecule has 1 amide bonds. The summed E-state index contributed by atoms with van der Waals surface area (Å²) in [6.45, 7) is 4.28. The fraction of sp³-hybridized carbons (Fsp3) is 0.615. The first kappa shape index (κ1) is 16.9. The van der Waals surface area contributed by atoms with Crippen LogP contribution >= 0.6 is 0 Å². The number of aromatic nitrogens is 3. The summed E-state index contributed by atoms with van der Waals surface area (Å²) in [7, 11) is 0. The van der Waals surface area contributed by atoms with Crippen molar-refractivity contribution in [3.8, 4) is 0 Å². The Bertz CT molecular complexity index is 615. The lowest BCUT2D eigenvalue weighted by Crippen LogP contribution is -2.34. The molecule has 4 unspecified atom stereocenters. The second kappa shape index (κ2) is 6.73. The van der Waals surface area contributed by atoms with Gasteiger partial charge in [0, 0.05) is 19.8 Å². The zero-order valence-electron chi connectivity index (χ0n) is 13.0. The van der Waals surface area contributed by atoms with E-state index >= 15 is 0 Å². The number of hydrogen-bond donors (Lipinski definition) is 1. The largest absolute Gasteiger partial charge is 0.463 e. The molecule has 2 N–H and O–H groups in total. The van der Waals surface area contributed by atoms with Gasteiger partial charge in [-0.05, 0) is 0 Å². The van der Waals surface area contributed by atoms with Gasteiger partial charge in [0.2, 0.25) is 5.82 Å². The molecule has 1 saturated heterocycles. The maximum atomic E-state index is 11.3. The van der Waals surface area contributed by atoms with Crippen LogP contribution in [0.5, 0.6) is 0 Å². The van der Waals surface area contributed by atoms with Crippen LogP contribution in [0.4, 0.5) is 0 Å². The predicted molar refractivity (Wildman–Crippen MR) is 73.8 cm³/mol. The Morgan fingerprint density at radius 3 is 2.57 bits per heavy atom. The van der Waals surface area contributed by atoms with Crippen LogP contribution in [0.25, 0.3) is 0 Å². The van der Waals surface area contributed by atoms with Gasteiger partial charge in [0.25, 0.3) is 5.91 Å². The first-order chi connectivity index (χ1) is 10.8. The molecule has 10 nitrogen and oxygen atoms in total. The lowest BCUT2D eigenvalue weighted by atomic mass is 10.0. The van der Waals surface area contributed by atoms with Crippen LogP contribution in [0.15, 0.2) is 6.33 Å². The van der Waals surface area contributed by atoms with E-state index in [1.165, 1.54) is 24.9 Å². The first-order valence-corrected chi connectivity index (χ1v) is 6.96. The average Bonchev–Trinajstić information content (AvgIpc) is 3.03. The SMILES string of the molecule is CC(=O)OCC1OC(n2cnc(C(N)=O)n2)C(C)C1OC(C)=O. The Morgan fingerprint density at radius 1 is 1.35 bits per heavy atom. The highest BCUT2D eigenvalue weighted by molar-refractivity contribution is 5.88. The van der Waals surface area contributed by atoms with Crippen molar-refractivity contribution in [1.82, 2.24) is 14.8 Å². The number of nitrogens with two attached hydrogens (primary N) is 1. The van der Waals surface area contributed by atoms with Crippen LogP contribution in [0.1, 0.15) is 37.6 Å². The Kier molecular flexibility index (Phi) is 4.94. The summed E-state index contributed by atoms with van der Waals surface area (Å²) in [5.74, 6) is -2.16. The van der Waals surface area contributed by atoms with E-state index in [1.54, 1.807) is 6.92 Å². The van der Waals surface area contributed by atoms with E-state index in [4.69, 9.17) is 19.9 Å². The quantitative estimate of drug-likeness (QED) is 0.709. The van der Waals surface area contributed by atoms with E-state index in [0.29, 0.717) is 0 Å². The normalized spacial score (nSPS) is 26.7. The Hall–Kier alpha value is -2.49. The standard InChI is InChI=1S/C13H18N4O6/c1-6-10(22-8(3)19)9(4-21-7(2)18)23-13(6)17-5-15-12(16-17)11(14)20/h5-6,9-10,13H,4H2,1-3H3,(H2,14,20). The van der Waals surface area contributed by atoms with E-state index < -0.39 is 36.3 Å². The Labute approximate surface area is 131 Å². The molecule has 0 spiro atoms. The number of carbonyl (C=O) groups excluding carboxylic acids is 3. The summed E-state index contributed by atoms with van der Waals surface area (Å²) in [5, 5.41) is 3.94. The van der Waals surface area contributed by atoms with Gasteiger partial charge in [-0.1, -0.05) is 6.92 Å². The van der Waals surface area contributed by atoms with Gasteiger partial charge in [0.05, 0.1) is 0 Å². The van der Waals surface area contributed by atoms with Crippen molar-refractivity contribution in [3.63, 3.8) is 0 Å². The average molecular weight is 326 g/mol. The zero-order chi connectivity index (χ0) is 17.1. The summed E-state index contributed by atoms with van der Waals surface area (Å²) >= 11 is 0. The lowest BCUT2D eigenvalue weighted by Gasteiger charge is -2.20. The molecule has 23 heavy (non-hydrogen) atoms. The number of rotatable bonds is 5. The van der Waals surface area contributed by atoms with Gasteiger partial charge < -0.3 is 19.9 Å². The molecule has 126 valence electrons. The summed E-state index contributed by atoms with van der Waals surface area (Å²) in [6, 6.07) is 0. The fourth-order valence-electron chi connectivity index (χ4n) is 2.40. The lowest BCUT2D eigenvalue weighted by molar-refractivity contribution is -0.156. The van der Waals surface area contributed by atoms with Gasteiger partial charge in [-0.2, -0.15) is 0 Å². The summed E-state index contributed by atoms with van der Waals surface area (Å²) in [4.78, 5) is 37.1. The third-order valence-corrected chi connectivity index (χ3v) is 3.39. The Morgan fingerprint density at radius 2 is 2.04 bits per heavy atom. The number of ether oxygens (including phenoxy) is 3. The molecule has 1 fully saturated rings. The number of amides is 1. The molecule has 1 aliphatic heterocycles. The maximum Gasteiger partial charge on any atom is 0.303 e. The van der Waals surface area contributed by atoms with Crippen molar-refractivity contribution >= 4 is 17.8 Å². The van der Waals surface area contributed by atoms with Crippen LogP contribution in [0.3, 0.4) is 0 Å². The molecule has 1 aromatic rings. The number of hydrogen-bond acceptors (Lipinski definition) is 8. The third kappa shape index (κ3) is 3.83. The van der Waals surface area contributed by atoms with Gasteiger partial charge in [-0.3, -0.25) is 14.4 Å². The molecule has 0 aromatic carbocycles. The van der Waals surface area contributed by atoms with E-state index in [-0.39, 0.29) is 18.3 Å². The van der Waals surface area contributed by atoms with E-state index in [9.17, 15) is 14.4 Å². The predicted octanol–water partition coefficient (Wildman–Crippen LogP) is -0.595. The van der Waals surface area contributed by atoms with Crippen molar-refractivity contribution in [2.45, 2.75) is 39.2 Å². The van der Waals surface area contributed by atoms with Gasteiger partial charge in [0.15, 0.2) is 6.23 Å². The Balaban J connectivity index is 2.18. The monoisotopic (exact) mass is 326 g/mol. The van der Waals surface area contributed by atoms with Gasteiger partial charge in [0.1, 0.15) is 25.1 Å². The first-order valence-electron chi connectivity index (χ1n) is 6.96. The molecule has 2 rings (SSSR count). The number of primary amides is 1. The minimum Gasteiger partial charge on any atom is -0.463 e. The van der Waals surface area contributed by atoms with Gasteiger partial charge >= 0.3 is 11.9 Å². The summed E-state index contributed by atoms with van der Waals surface area (Å²) in [6.07, 6.45) is -0.608. The van der Waals surface area contributed by atoms with Crippen molar-refractivity contribution in [2.24, 2.45) is 11.7 Å². The number of nitrogens with zero attached hydrogens (tertiary/aromatic N) is 3. The van der Waals surface area contributed by atoms with Crippen LogP contribution in [-0.2, 0) is 23.8 Å². The molecule has 0 bridgehead atoms. The number of esters is 2. The molecule has 2 heterocycles. The second-order valence-electron chi connectivity index (χ2n) is 5.21. The zero-order valence-corrected chi connectivity index (χ0v) is 13.0. The molecule has 0 saturated carbocycles. The minimum atomic E-state index is -0.762. The fourth-order valence-corrected chi connectivity index (χ4v) is 2.40. The molecule has 1 aliphatic rings. The van der Waals surface area contributed by atoms with Crippen LogP contribution in [0, 0.1) is 5.92 Å². The van der Waals surface area contributed by atoms with Crippen LogP contribution in [-0.4, -0.2) is 51.4 Å². The van der Waals surface area contributed by atoms with E-state index in [1.807, 2.05) is 0 Å². The van der Waals surface area contributed by atoms with Crippen LogP contribution in [0.2, 0.25) is 0 Å². The molecular weight excluding hydrogens is 308 g/mol. The van der Waals surface area contributed by atoms with E-state index in [2.05, 4.69) is 10.1 Å². The van der Waals surface area contributed by atoms with E-state index in [0.717, 1.165) is 0 Å². The topological polar surface area (TPSA) is 136 Å².